The Balaban J connectivity index is 1.60. The maximum Gasteiger partial charge on any atom is 0.250 e. The van der Waals surface area contributed by atoms with Crippen LogP contribution in [0.15, 0.2) is 69.6 Å². The van der Waals surface area contributed by atoms with Crippen molar-refractivity contribution in [3.8, 4) is 11.3 Å². The van der Waals surface area contributed by atoms with Gasteiger partial charge >= 0.3 is 0 Å². The van der Waals surface area contributed by atoms with Gasteiger partial charge in [-0.2, -0.15) is 0 Å². The molecule has 2 N–H and O–H groups in total. The molecule has 0 fully saturated rings. The zero-order valence-electron chi connectivity index (χ0n) is 14.2. The number of anilines is 1. The lowest BCUT2D eigenvalue weighted by atomic mass is 10.2. The molecule has 0 bridgehead atoms. The van der Waals surface area contributed by atoms with Gasteiger partial charge < -0.3 is 9.73 Å². The van der Waals surface area contributed by atoms with Crippen molar-refractivity contribution in [2.45, 2.75) is 0 Å². The fourth-order valence-electron chi connectivity index (χ4n) is 2.32. The van der Waals surface area contributed by atoms with Crippen molar-refractivity contribution in [1.82, 2.24) is 5.32 Å². The highest BCUT2D eigenvalue weighted by atomic mass is 79.9. The largest absolute Gasteiger partial charge is 0.457 e. The van der Waals surface area contributed by atoms with Gasteiger partial charge in [-0.25, -0.2) is 0 Å². The topological polar surface area (TPSA) is 54.3 Å². The summed E-state index contributed by atoms with van der Waals surface area (Å²) < 4.78 is 6.61. The van der Waals surface area contributed by atoms with E-state index in [2.05, 4.69) is 26.6 Å². The number of thiocarbonyl (C=S) groups is 1. The molecule has 0 saturated heterocycles. The molecule has 0 aliphatic carbocycles. The van der Waals surface area contributed by atoms with Crippen molar-refractivity contribution in [2.24, 2.45) is 0 Å². The fraction of sp³-hybridized carbons (Fsp3) is 0. The van der Waals surface area contributed by atoms with Crippen LogP contribution >= 0.6 is 51.3 Å². The van der Waals surface area contributed by atoms with Crippen LogP contribution in [0.4, 0.5) is 5.69 Å². The molecule has 0 aliphatic rings. The molecule has 28 heavy (non-hydrogen) atoms. The number of benzene rings is 2. The van der Waals surface area contributed by atoms with Crippen LogP contribution in [-0.2, 0) is 4.79 Å². The lowest BCUT2D eigenvalue weighted by molar-refractivity contribution is -0.115. The third-order valence-electron chi connectivity index (χ3n) is 3.54. The minimum absolute atomic E-state index is 0.195. The first-order valence-corrected chi connectivity index (χ1v) is 9.97. The van der Waals surface area contributed by atoms with Gasteiger partial charge in [0.25, 0.3) is 0 Å². The summed E-state index contributed by atoms with van der Waals surface area (Å²) in [5.74, 6) is 0.700. The number of nitrogens with one attached hydrogen (secondary N) is 2. The Kier molecular flexibility index (Phi) is 6.91. The molecule has 142 valence electrons. The van der Waals surface area contributed by atoms with Crippen LogP contribution < -0.4 is 10.6 Å². The third-order valence-corrected chi connectivity index (χ3v) is 4.79. The third kappa shape index (κ3) is 5.69. The van der Waals surface area contributed by atoms with Gasteiger partial charge in [-0.15, -0.1) is 0 Å². The number of halogens is 3. The Bertz CT molecular complexity index is 1070. The maximum atomic E-state index is 12.0. The number of rotatable bonds is 4. The summed E-state index contributed by atoms with van der Waals surface area (Å²) in [5, 5.41) is 6.74. The van der Waals surface area contributed by atoms with Crippen LogP contribution in [-0.4, -0.2) is 11.0 Å². The Morgan fingerprint density at radius 3 is 2.68 bits per heavy atom. The van der Waals surface area contributed by atoms with E-state index in [1.54, 1.807) is 36.4 Å². The maximum absolute atomic E-state index is 12.0. The van der Waals surface area contributed by atoms with Gasteiger partial charge in [-0.3, -0.25) is 10.1 Å². The molecule has 4 nitrogen and oxygen atoms in total. The summed E-state index contributed by atoms with van der Waals surface area (Å²) in [7, 11) is 0. The second-order valence-corrected chi connectivity index (χ2v) is 7.78. The zero-order valence-corrected chi connectivity index (χ0v) is 18.1. The van der Waals surface area contributed by atoms with E-state index in [0.29, 0.717) is 21.6 Å². The first kappa shape index (κ1) is 20.6. The van der Waals surface area contributed by atoms with Gasteiger partial charge in [0.2, 0.25) is 5.91 Å². The molecule has 0 aliphatic heterocycles. The van der Waals surface area contributed by atoms with E-state index in [9.17, 15) is 4.79 Å². The molecule has 1 amide bonds. The highest BCUT2D eigenvalue weighted by Gasteiger charge is 2.09. The van der Waals surface area contributed by atoms with Crippen molar-refractivity contribution in [3.63, 3.8) is 0 Å². The van der Waals surface area contributed by atoms with Gasteiger partial charge in [0, 0.05) is 26.8 Å². The highest BCUT2D eigenvalue weighted by molar-refractivity contribution is 9.10. The average Bonchev–Trinajstić information content (AvgIpc) is 3.08. The molecule has 3 rings (SSSR count). The predicted molar refractivity (Wildman–Crippen MR) is 122 cm³/mol. The van der Waals surface area contributed by atoms with Gasteiger partial charge in [0.05, 0.1) is 5.02 Å². The molecule has 0 saturated carbocycles. The highest BCUT2D eigenvalue weighted by Crippen LogP contribution is 2.31. The SMILES string of the molecule is O=C(/C=C/c1ccc(-c2ccc(Cl)cc2Cl)o1)NC(=S)Nc1cccc(Br)c1. The molecule has 3 aromatic rings. The van der Waals surface area contributed by atoms with Crippen LogP contribution in [0, 0.1) is 0 Å². The lowest BCUT2D eigenvalue weighted by Crippen LogP contribution is -2.32. The molecule has 1 heterocycles. The van der Waals surface area contributed by atoms with Crippen molar-refractivity contribution in [1.29, 1.82) is 0 Å². The number of furan rings is 1. The average molecular weight is 496 g/mol. The Labute approximate surface area is 185 Å². The zero-order chi connectivity index (χ0) is 20.1. The minimum Gasteiger partial charge on any atom is -0.457 e. The van der Waals surface area contributed by atoms with E-state index in [-0.39, 0.29) is 11.0 Å². The minimum atomic E-state index is -0.380. The molecule has 0 spiro atoms. The van der Waals surface area contributed by atoms with Crippen LogP contribution in [0.1, 0.15) is 5.76 Å². The Morgan fingerprint density at radius 2 is 1.93 bits per heavy atom. The van der Waals surface area contributed by atoms with Gasteiger partial charge in [0.1, 0.15) is 11.5 Å². The number of carbonyl (C=O) groups is 1. The predicted octanol–water partition coefficient (Wildman–Crippen LogP) is 6.54. The second-order valence-electron chi connectivity index (χ2n) is 5.61. The van der Waals surface area contributed by atoms with Crippen molar-refractivity contribution < 1.29 is 9.21 Å². The van der Waals surface area contributed by atoms with Crippen molar-refractivity contribution in [2.75, 3.05) is 5.32 Å². The van der Waals surface area contributed by atoms with E-state index >= 15 is 0 Å². The number of hydrogen-bond acceptors (Lipinski definition) is 3. The summed E-state index contributed by atoms with van der Waals surface area (Å²) in [5.41, 5.74) is 1.48. The van der Waals surface area contributed by atoms with Crippen LogP contribution in [0.2, 0.25) is 10.0 Å². The molecular formula is C20H13BrCl2N2O2S. The molecule has 0 unspecified atom stereocenters. The number of carbonyl (C=O) groups excluding carboxylic acids is 1. The smallest absolute Gasteiger partial charge is 0.250 e. The number of hydrogen-bond donors (Lipinski definition) is 2. The first-order chi connectivity index (χ1) is 13.4. The summed E-state index contributed by atoms with van der Waals surface area (Å²) in [6, 6.07) is 16.1. The van der Waals surface area contributed by atoms with Gasteiger partial charge in [0.15, 0.2) is 5.11 Å². The van der Waals surface area contributed by atoms with E-state index in [0.717, 1.165) is 15.7 Å². The van der Waals surface area contributed by atoms with E-state index in [1.807, 2.05) is 24.3 Å². The number of amides is 1. The summed E-state index contributed by atoms with van der Waals surface area (Å²) >= 11 is 20.6. The molecule has 2 aromatic carbocycles. The molecule has 0 atom stereocenters. The monoisotopic (exact) mass is 494 g/mol. The Hall–Kier alpha value is -2.12. The first-order valence-electron chi connectivity index (χ1n) is 8.01. The van der Waals surface area contributed by atoms with Gasteiger partial charge in [-0.05, 0) is 66.8 Å². The Morgan fingerprint density at radius 1 is 1.11 bits per heavy atom. The van der Waals surface area contributed by atoms with Crippen LogP contribution in [0.25, 0.3) is 17.4 Å². The van der Waals surface area contributed by atoms with Crippen LogP contribution in [0.3, 0.4) is 0 Å². The standard InChI is InChI=1S/C20H13BrCl2N2O2S/c21-12-2-1-3-14(10-12)24-20(28)25-19(26)9-6-15-5-8-18(27-15)16-7-4-13(22)11-17(16)23/h1-11H,(H2,24,25,26,28)/b9-6+. The molecule has 1 aromatic heterocycles. The van der Waals surface area contributed by atoms with E-state index in [1.165, 1.54) is 6.08 Å². The van der Waals surface area contributed by atoms with Crippen molar-refractivity contribution in [3.05, 3.63) is 81.0 Å². The lowest BCUT2D eigenvalue weighted by Gasteiger charge is -2.08. The van der Waals surface area contributed by atoms with Crippen molar-refractivity contribution >= 4 is 74.1 Å². The quantitative estimate of drug-likeness (QED) is 0.318. The molecule has 8 heteroatoms. The summed E-state index contributed by atoms with van der Waals surface area (Å²) in [6.45, 7) is 0. The summed E-state index contributed by atoms with van der Waals surface area (Å²) in [4.78, 5) is 12.0. The van der Waals surface area contributed by atoms with Crippen LogP contribution in [0.5, 0.6) is 0 Å². The summed E-state index contributed by atoms with van der Waals surface area (Å²) in [6.07, 6.45) is 2.88. The normalized spacial score (nSPS) is 10.8. The second kappa shape index (κ2) is 9.39. The molecule has 0 radical (unpaired) electrons. The fourth-order valence-corrected chi connectivity index (χ4v) is 3.44. The van der Waals surface area contributed by atoms with Gasteiger partial charge in [-0.1, -0.05) is 45.2 Å². The molecular weight excluding hydrogens is 483 g/mol. The van der Waals surface area contributed by atoms with E-state index in [4.69, 9.17) is 39.8 Å². The van der Waals surface area contributed by atoms with E-state index < -0.39 is 0 Å².